The van der Waals surface area contributed by atoms with Crippen molar-refractivity contribution in [3.63, 3.8) is 0 Å². The van der Waals surface area contributed by atoms with E-state index in [0.717, 1.165) is 0 Å². The molecule has 0 radical (unpaired) electrons. The summed E-state index contributed by atoms with van der Waals surface area (Å²) in [6.07, 6.45) is -5.95. The number of alkyl halides is 5. The molecule has 1 N–H and O–H groups in total. The molecule has 0 spiro atoms. The molecular weight excluding hydrogens is 182 g/mol. The third-order valence-corrected chi connectivity index (χ3v) is 1.32. The molecule has 0 rings (SSSR count). The molecule has 2 nitrogen and oxygen atoms in total. The predicted octanol–water partition coefficient (Wildman–Crippen LogP) is 1.88. The van der Waals surface area contributed by atoms with Crippen molar-refractivity contribution in [1.82, 2.24) is 0 Å². The van der Waals surface area contributed by atoms with Crippen molar-refractivity contribution < 1.29 is 31.4 Å². The van der Waals surface area contributed by atoms with Crippen LogP contribution in [0.2, 0.25) is 0 Å². The van der Waals surface area contributed by atoms with E-state index >= 15 is 0 Å². The van der Waals surface area contributed by atoms with Crippen LogP contribution in [0.5, 0.6) is 0 Å². The van der Waals surface area contributed by atoms with E-state index in [-0.39, 0.29) is 0 Å². The van der Waals surface area contributed by atoms with Crippen LogP contribution in [-0.4, -0.2) is 16.7 Å². The topological polar surface area (TPSA) is 37.3 Å². The maximum Gasteiger partial charge on any atom is 0.594 e. The molecule has 0 aromatic carbocycles. The summed E-state index contributed by atoms with van der Waals surface area (Å²) in [5, 5.41) is 0. The van der Waals surface area contributed by atoms with E-state index in [4.69, 9.17) is 4.89 Å². The fourth-order valence-electron chi connectivity index (χ4n) is 0.108. The highest BCUT2D eigenvalue weighted by Crippen LogP contribution is 2.50. The van der Waals surface area contributed by atoms with Crippen LogP contribution in [0.4, 0.5) is 22.0 Å². The van der Waals surface area contributed by atoms with E-state index in [1.165, 1.54) is 0 Å². The molecule has 0 aliphatic carbocycles. The largest absolute Gasteiger partial charge is 0.594 e. The van der Waals surface area contributed by atoms with Crippen LogP contribution in [0.1, 0.15) is 0 Å². The molecule has 1 atom stereocenters. The van der Waals surface area contributed by atoms with Gasteiger partial charge in [-0.1, -0.05) is 0 Å². The lowest BCUT2D eigenvalue weighted by Crippen LogP contribution is -2.32. The normalized spacial score (nSPS) is 15.2. The number of halogens is 5. The Kier molecular flexibility index (Phi) is 2.32. The van der Waals surface area contributed by atoms with Gasteiger partial charge in [0.1, 0.15) is 0 Å². The highest BCUT2D eigenvalue weighted by molar-refractivity contribution is 7.39. The highest BCUT2D eigenvalue weighted by atomic mass is 31.1. The lowest BCUT2D eigenvalue weighted by atomic mass is 10.7. The summed E-state index contributed by atoms with van der Waals surface area (Å²) in [5.74, 6) is 0. The standard InChI is InChI=1S/C2F5O2P/c3-1(4,5)2(6,7)10(8)9/p+1. The third-order valence-electron chi connectivity index (χ3n) is 0.581. The molecule has 0 amide bonds. The van der Waals surface area contributed by atoms with Gasteiger partial charge in [0, 0.05) is 0 Å². The Balaban J connectivity index is 4.57. The fraction of sp³-hybridized carbons (Fsp3) is 1.00. The molecule has 0 heterocycles. The van der Waals surface area contributed by atoms with Gasteiger partial charge in [0.15, 0.2) is 0 Å². The Hall–Kier alpha value is -0.290. The number of hydrogen-bond donors (Lipinski definition) is 1. The van der Waals surface area contributed by atoms with Gasteiger partial charge in [-0.25, -0.2) is 0 Å². The van der Waals surface area contributed by atoms with Gasteiger partial charge in [-0.3, -0.25) is 0 Å². The summed E-state index contributed by atoms with van der Waals surface area (Å²) >= 11 is 0. The zero-order valence-corrected chi connectivity index (χ0v) is 5.09. The predicted molar refractivity (Wildman–Crippen MR) is 20.8 cm³/mol. The number of hydrogen-bond acceptors (Lipinski definition) is 1. The first-order chi connectivity index (χ1) is 4.19. The summed E-state index contributed by atoms with van der Waals surface area (Å²) in [6.45, 7) is 0. The van der Waals surface area contributed by atoms with Crippen molar-refractivity contribution in [2.24, 2.45) is 0 Å². The van der Waals surface area contributed by atoms with Crippen LogP contribution in [0, 0.1) is 0 Å². The van der Waals surface area contributed by atoms with Gasteiger partial charge in [-0.05, 0) is 4.57 Å². The summed E-state index contributed by atoms with van der Waals surface area (Å²) < 4.78 is 65.1. The summed E-state index contributed by atoms with van der Waals surface area (Å²) in [7, 11) is -4.54. The van der Waals surface area contributed by atoms with Gasteiger partial charge in [-0.2, -0.15) is 18.1 Å². The maximum atomic E-state index is 11.4. The molecule has 60 valence electrons. The zero-order chi connectivity index (χ0) is 8.58. The average Bonchev–Trinajstić information content (AvgIpc) is 1.62. The molecule has 0 saturated carbocycles. The summed E-state index contributed by atoms with van der Waals surface area (Å²) in [5.41, 5.74) is -5.50. The van der Waals surface area contributed by atoms with Crippen molar-refractivity contribution in [2.75, 3.05) is 0 Å². The highest BCUT2D eigenvalue weighted by Gasteiger charge is 2.74. The summed E-state index contributed by atoms with van der Waals surface area (Å²) in [6, 6.07) is 0. The van der Waals surface area contributed by atoms with Crippen molar-refractivity contribution in [1.29, 1.82) is 0 Å². The molecule has 10 heavy (non-hydrogen) atoms. The fourth-order valence-corrected chi connectivity index (χ4v) is 0.325. The van der Waals surface area contributed by atoms with Crippen LogP contribution >= 0.6 is 8.03 Å². The first kappa shape index (κ1) is 9.71. The minimum atomic E-state index is -5.95. The van der Waals surface area contributed by atoms with Crippen molar-refractivity contribution in [3.05, 3.63) is 0 Å². The van der Waals surface area contributed by atoms with Crippen molar-refractivity contribution in [3.8, 4) is 0 Å². The lowest BCUT2D eigenvalue weighted by molar-refractivity contribution is -0.243. The van der Waals surface area contributed by atoms with Crippen LogP contribution in [0.15, 0.2) is 0 Å². The van der Waals surface area contributed by atoms with E-state index in [1.54, 1.807) is 0 Å². The molecular formula is C2HF5O2P+. The maximum absolute atomic E-state index is 11.4. The van der Waals surface area contributed by atoms with Gasteiger partial charge in [0.05, 0.1) is 0 Å². The van der Waals surface area contributed by atoms with E-state index in [2.05, 4.69) is 0 Å². The average molecular weight is 183 g/mol. The van der Waals surface area contributed by atoms with E-state index in [0.29, 0.717) is 0 Å². The monoisotopic (exact) mass is 183 g/mol. The SMILES string of the molecule is O=[P+](O)C(F)(F)C(F)(F)F. The molecule has 0 aromatic rings. The Morgan fingerprint density at radius 3 is 1.40 bits per heavy atom. The summed E-state index contributed by atoms with van der Waals surface area (Å²) in [4.78, 5) is 7.46. The minimum absolute atomic E-state index is 4.54. The molecule has 0 aromatic heterocycles. The first-order valence-electron chi connectivity index (χ1n) is 1.80. The van der Waals surface area contributed by atoms with Gasteiger partial charge in [-0.15, -0.1) is 8.78 Å². The Morgan fingerprint density at radius 2 is 1.40 bits per heavy atom. The molecule has 1 unspecified atom stereocenters. The van der Waals surface area contributed by atoms with Gasteiger partial charge in [0.25, 0.3) is 0 Å². The molecule has 0 fully saturated rings. The zero-order valence-electron chi connectivity index (χ0n) is 4.19. The molecule has 0 aliphatic heterocycles. The Bertz CT molecular complexity index is 150. The molecule has 0 aliphatic rings. The second-order valence-electron chi connectivity index (χ2n) is 1.31. The second kappa shape index (κ2) is 2.39. The van der Waals surface area contributed by atoms with E-state index < -0.39 is 19.9 Å². The van der Waals surface area contributed by atoms with Gasteiger partial charge in [0.2, 0.25) is 0 Å². The van der Waals surface area contributed by atoms with Gasteiger partial charge >= 0.3 is 19.9 Å². The Morgan fingerprint density at radius 1 is 1.10 bits per heavy atom. The van der Waals surface area contributed by atoms with Crippen molar-refractivity contribution in [2.45, 2.75) is 11.8 Å². The van der Waals surface area contributed by atoms with Gasteiger partial charge < -0.3 is 0 Å². The number of rotatable bonds is 1. The third kappa shape index (κ3) is 1.60. The molecule has 8 heteroatoms. The minimum Gasteiger partial charge on any atom is -0.161 e. The van der Waals surface area contributed by atoms with E-state index in [1.807, 2.05) is 0 Å². The second-order valence-corrected chi connectivity index (χ2v) is 2.42. The van der Waals surface area contributed by atoms with Crippen molar-refractivity contribution >= 4 is 8.03 Å². The van der Waals surface area contributed by atoms with Crippen LogP contribution in [-0.2, 0) is 4.57 Å². The first-order valence-corrected chi connectivity index (χ1v) is 3.01. The lowest BCUT2D eigenvalue weighted by Gasteiger charge is -2.05. The van der Waals surface area contributed by atoms with Crippen LogP contribution in [0.3, 0.4) is 0 Å². The molecule has 0 saturated heterocycles. The quantitative estimate of drug-likeness (QED) is 0.497. The van der Waals surface area contributed by atoms with E-state index in [9.17, 15) is 26.5 Å². The molecule has 0 bridgehead atoms. The smallest absolute Gasteiger partial charge is 0.161 e. The van der Waals surface area contributed by atoms with Crippen LogP contribution in [0.25, 0.3) is 0 Å². The van der Waals surface area contributed by atoms with Crippen LogP contribution < -0.4 is 0 Å². The Labute approximate surface area is 52.5 Å².